The van der Waals surface area contributed by atoms with Crippen LogP contribution in [0.25, 0.3) is 5.57 Å². The van der Waals surface area contributed by atoms with Crippen molar-refractivity contribution >= 4 is 28.8 Å². The van der Waals surface area contributed by atoms with E-state index >= 15 is 0 Å². The number of anilines is 2. The number of ether oxygens (including phenoxy) is 1. The first-order valence-electron chi connectivity index (χ1n) is 10.1. The molecule has 2 aromatic rings. The molecule has 0 atom stereocenters. The number of benzene rings is 2. The van der Waals surface area contributed by atoms with Gasteiger partial charge in [-0.15, -0.1) is 0 Å². The number of rotatable bonds is 7. The average molecular weight is 408 g/mol. The zero-order valence-electron chi connectivity index (χ0n) is 18.4. The second-order valence-corrected chi connectivity index (χ2v) is 8.08. The van der Waals surface area contributed by atoms with Crippen LogP contribution in [0.2, 0.25) is 0 Å². The molecular weight excluding hydrogens is 378 g/mol. The molecule has 30 heavy (non-hydrogen) atoms. The van der Waals surface area contributed by atoms with E-state index in [1.165, 1.54) is 4.90 Å². The van der Waals surface area contributed by atoms with E-state index in [1.54, 1.807) is 0 Å². The second kappa shape index (κ2) is 8.61. The molecule has 0 aliphatic carbocycles. The van der Waals surface area contributed by atoms with Crippen molar-refractivity contribution in [3.63, 3.8) is 0 Å². The van der Waals surface area contributed by atoms with Crippen molar-refractivity contribution in [2.45, 2.75) is 39.8 Å². The Morgan fingerprint density at radius 2 is 1.47 bits per heavy atom. The van der Waals surface area contributed by atoms with Crippen molar-refractivity contribution in [2.24, 2.45) is 0 Å². The SMILES string of the molecule is CC(C)Oc1ccc(C2=C(Nc3ccc(N(C)C)cc3)C(=O)N(C(C)C)C2=O)cc1. The maximum atomic E-state index is 13.1. The smallest absolute Gasteiger partial charge is 0.278 e. The van der Waals surface area contributed by atoms with Crippen LogP contribution in [0.1, 0.15) is 33.3 Å². The standard InChI is InChI=1S/C24H29N3O3/c1-15(2)27-23(28)21(17-7-13-20(14-8-17)30-16(3)4)22(24(27)29)25-18-9-11-19(12-10-18)26(5)6/h7-16,25H,1-6H3. The molecule has 6 nitrogen and oxygen atoms in total. The van der Waals surface area contributed by atoms with E-state index in [2.05, 4.69) is 5.32 Å². The Bertz CT molecular complexity index is 958. The molecule has 3 rings (SSSR count). The molecule has 1 N–H and O–H groups in total. The Labute approximate surface area is 178 Å². The van der Waals surface area contributed by atoms with Crippen molar-refractivity contribution in [3.05, 3.63) is 59.8 Å². The predicted molar refractivity (Wildman–Crippen MR) is 121 cm³/mol. The van der Waals surface area contributed by atoms with Gasteiger partial charge in [-0.2, -0.15) is 0 Å². The largest absolute Gasteiger partial charge is 0.491 e. The molecular formula is C24H29N3O3. The first-order valence-corrected chi connectivity index (χ1v) is 10.1. The summed E-state index contributed by atoms with van der Waals surface area (Å²) in [5.41, 5.74) is 3.15. The Hall–Kier alpha value is -3.28. The van der Waals surface area contributed by atoms with Crippen LogP contribution >= 0.6 is 0 Å². The van der Waals surface area contributed by atoms with Gasteiger partial charge in [-0.05, 0) is 69.7 Å². The van der Waals surface area contributed by atoms with E-state index in [0.717, 1.165) is 17.1 Å². The van der Waals surface area contributed by atoms with Gasteiger partial charge < -0.3 is 15.0 Å². The van der Waals surface area contributed by atoms with E-state index < -0.39 is 0 Å². The first-order chi connectivity index (χ1) is 14.2. The topological polar surface area (TPSA) is 61.9 Å². The number of amides is 2. The summed E-state index contributed by atoms with van der Waals surface area (Å²) in [6, 6.07) is 14.8. The van der Waals surface area contributed by atoms with Crippen LogP contribution in [0.4, 0.5) is 11.4 Å². The number of carbonyl (C=O) groups is 2. The molecule has 1 aliphatic rings. The van der Waals surface area contributed by atoms with Crippen LogP contribution in [-0.4, -0.2) is 43.0 Å². The molecule has 6 heteroatoms. The second-order valence-electron chi connectivity index (χ2n) is 8.08. The van der Waals surface area contributed by atoms with Gasteiger partial charge in [0, 0.05) is 31.5 Å². The number of carbonyl (C=O) groups excluding carboxylic acids is 2. The van der Waals surface area contributed by atoms with Crippen molar-refractivity contribution in [1.29, 1.82) is 0 Å². The molecule has 0 spiro atoms. The van der Waals surface area contributed by atoms with E-state index in [9.17, 15) is 9.59 Å². The zero-order valence-corrected chi connectivity index (χ0v) is 18.4. The summed E-state index contributed by atoms with van der Waals surface area (Å²) in [5.74, 6) is 0.116. The molecule has 2 amide bonds. The summed E-state index contributed by atoms with van der Waals surface area (Å²) in [5, 5.41) is 3.19. The molecule has 0 bridgehead atoms. The third-order valence-electron chi connectivity index (χ3n) is 4.80. The fourth-order valence-electron chi connectivity index (χ4n) is 3.36. The van der Waals surface area contributed by atoms with Gasteiger partial charge in [0.15, 0.2) is 0 Å². The van der Waals surface area contributed by atoms with Gasteiger partial charge in [0.25, 0.3) is 11.8 Å². The lowest BCUT2D eigenvalue weighted by molar-refractivity contribution is -0.138. The summed E-state index contributed by atoms with van der Waals surface area (Å²) < 4.78 is 5.69. The Balaban J connectivity index is 2.00. The van der Waals surface area contributed by atoms with E-state index in [0.29, 0.717) is 16.8 Å². The first kappa shape index (κ1) is 21.4. The van der Waals surface area contributed by atoms with Gasteiger partial charge in [-0.25, -0.2) is 0 Å². The van der Waals surface area contributed by atoms with Crippen molar-refractivity contribution in [2.75, 3.05) is 24.3 Å². The zero-order chi connectivity index (χ0) is 22.0. The van der Waals surface area contributed by atoms with Crippen LogP contribution in [0, 0.1) is 0 Å². The summed E-state index contributed by atoms with van der Waals surface area (Å²) in [7, 11) is 3.94. The van der Waals surface area contributed by atoms with Gasteiger partial charge in [0.05, 0.1) is 11.7 Å². The number of imide groups is 1. The predicted octanol–water partition coefficient (Wildman–Crippen LogP) is 4.14. The van der Waals surface area contributed by atoms with Crippen molar-refractivity contribution in [1.82, 2.24) is 4.90 Å². The van der Waals surface area contributed by atoms with E-state index in [-0.39, 0.29) is 24.0 Å². The molecule has 0 saturated carbocycles. The molecule has 1 heterocycles. The minimum absolute atomic E-state index is 0.0588. The van der Waals surface area contributed by atoms with Crippen molar-refractivity contribution in [3.8, 4) is 5.75 Å². The van der Waals surface area contributed by atoms with Crippen LogP contribution < -0.4 is 15.0 Å². The third-order valence-corrected chi connectivity index (χ3v) is 4.80. The quantitative estimate of drug-likeness (QED) is 0.699. The molecule has 158 valence electrons. The molecule has 0 fully saturated rings. The van der Waals surface area contributed by atoms with E-state index in [4.69, 9.17) is 4.74 Å². The number of nitrogens with zero attached hydrogens (tertiary/aromatic N) is 2. The van der Waals surface area contributed by atoms with Crippen LogP contribution in [0.15, 0.2) is 54.2 Å². The van der Waals surface area contributed by atoms with E-state index in [1.807, 2.05) is 95.2 Å². The number of nitrogens with one attached hydrogen (secondary N) is 1. The molecule has 0 unspecified atom stereocenters. The summed E-state index contributed by atoms with van der Waals surface area (Å²) in [6.45, 7) is 7.59. The van der Waals surface area contributed by atoms with Gasteiger partial charge in [-0.1, -0.05) is 12.1 Å². The lowest BCUT2D eigenvalue weighted by Gasteiger charge is -2.19. The van der Waals surface area contributed by atoms with Crippen LogP contribution in [-0.2, 0) is 9.59 Å². The average Bonchev–Trinajstić information content (AvgIpc) is 2.92. The lowest BCUT2D eigenvalue weighted by atomic mass is 10.0. The molecule has 0 aromatic heterocycles. The molecule has 1 aliphatic heterocycles. The molecule has 2 aromatic carbocycles. The minimum atomic E-state index is -0.316. The van der Waals surface area contributed by atoms with Gasteiger partial charge in [0.1, 0.15) is 11.4 Å². The molecule has 0 saturated heterocycles. The monoisotopic (exact) mass is 407 g/mol. The Morgan fingerprint density at radius 3 is 1.97 bits per heavy atom. The maximum absolute atomic E-state index is 13.1. The Kier molecular flexibility index (Phi) is 6.15. The van der Waals surface area contributed by atoms with Crippen LogP contribution in [0.3, 0.4) is 0 Å². The number of hydrogen-bond acceptors (Lipinski definition) is 5. The van der Waals surface area contributed by atoms with Crippen LogP contribution in [0.5, 0.6) is 5.75 Å². The lowest BCUT2D eigenvalue weighted by Crippen LogP contribution is -2.38. The number of hydrogen-bond donors (Lipinski definition) is 1. The summed E-state index contributed by atoms with van der Waals surface area (Å²) in [4.78, 5) is 29.5. The summed E-state index contributed by atoms with van der Waals surface area (Å²) in [6.07, 6.45) is 0.0588. The fourth-order valence-corrected chi connectivity index (χ4v) is 3.36. The van der Waals surface area contributed by atoms with Gasteiger partial charge in [-0.3, -0.25) is 14.5 Å². The normalized spacial score (nSPS) is 14.2. The highest BCUT2D eigenvalue weighted by atomic mass is 16.5. The minimum Gasteiger partial charge on any atom is -0.491 e. The molecule has 0 radical (unpaired) electrons. The van der Waals surface area contributed by atoms with Crippen molar-refractivity contribution < 1.29 is 14.3 Å². The summed E-state index contributed by atoms with van der Waals surface area (Å²) >= 11 is 0. The Morgan fingerprint density at radius 1 is 0.867 bits per heavy atom. The highest BCUT2D eigenvalue weighted by molar-refractivity contribution is 6.36. The van der Waals surface area contributed by atoms with Gasteiger partial charge >= 0.3 is 0 Å². The van der Waals surface area contributed by atoms with Gasteiger partial charge in [0.2, 0.25) is 0 Å². The highest BCUT2D eigenvalue weighted by Gasteiger charge is 2.40. The fraction of sp³-hybridized carbons (Fsp3) is 0.333. The highest BCUT2D eigenvalue weighted by Crippen LogP contribution is 2.32. The third kappa shape index (κ3) is 4.32. The maximum Gasteiger partial charge on any atom is 0.278 e.